The number of hydrogen-bond donors (Lipinski definition) is 0. The Morgan fingerprint density at radius 2 is 1.89 bits per heavy atom. The molecular formula is C29H30ClFN2O4S. The average Bonchev–Trinajstić information content (AvgIpc) is 3.23. The third-order valence-corrected chi connectivity index (χ3v) is 9.80. The van der Waals surface area contributed by atoms with Gasteiger partial charge in [-0.2, -0.15) is 0 Å². The molecule has 1 unspecified atom stereocenters. The second-order valence-corrected chi connectivity index (χ2v) is 13.8. The van der Waals surface area contributed by atoms with Gasteiger partial charge in [-0.15, -0.1) is 0 Å². The molecule has 2 heterocycles. The smallest absolute Gasteiger partial charge is 0.410 e. The third-order valence-electron chi connectivity index (χ3n) is 7.12. The second-order valence-electron chi connectivity index (χ2n) is 11.2. The van der Waals surface area contributed by atoms with Gasteiger partial charge in [-0.3, -0.25) is 0 Å². The molecular weight excluding hydrogens is 527 g/mol. The summed E-state index contributed by atoms with van der Waals surface area (Å²) in [6, 6.07) is 12.0. The summed E-state index contributed by atoms with van der Waals surface area (Å²) in [5.41, 5.74) is 2.22. The van der Waals surface area contributed by atoms with E-state index in [9.17, 15) is 17.6 Å². The molecule has 0 bridgehead atoms. The van der Waals surface area contributed by atoms with Crippen LogP contribution in [0.5, 0.6) is 0 Å². The van der Waals surface area contributed by atoms with Crippen molar-refractivity contribution in [2.24, 2.45) is 0 Å². The summed E-state index contributed by atoms with van der Waals surface area (Å²) < 4.78 is 47.5. The molecule has 0 radical (unpaired) electrons. The summed E-state index contributed by atoms with van der Waals surface area (Å²) in [4.78, 5) is 13.9. The van der Waals surface area contributed by atoms with Gasteiger partial charge in [0.15, 0.2) is 0 Å². The number of aromatic nitrogens is 1. The molecule has 200 valence electrons. The van der Waals surface area contributed by atoms with Crippen molar-refractivity contribution in [3.05, 3.63) is 88.9 Å². The van der Waals surface area contributed by atoms with E-state index in [0.717, 1.165) is 10.9 Å². The topological polar surface area (TPSA) is 68.6 Å². The Morgan fingerprint density at radius 3 is 2.61 bits per heavy atom. The Morgan fingerprint density at radius 1 is 1.16 bits per heavy atom. The van der Waals surface area contributed by atoms with Gasteiger partial charge in [-0.05, 0) is 75.1 Å². The molecule has 1 aromatic heterocycles. The van der Waals surface area contributed by atoms with Crippen LogP contribution in [0.25, 0.3) is 16.5 Å². The molecule has 6 nitrogen and oxygen atoms in total. The highest BCUT2D eigenvalue weighted by Gasteiger charge is 2.41. The average molecular weight is 557 g/mol. The Bertz CT molecular complexity index is 1600. The van der Waals surface area contributed by atoms with Gasteiger partial charge in [0, 0.05) is 30.6 Å². The molecule has 5 rings (SSSR count). The molecule has 0 N–H and O–H groups in total. The number of rotatable bonds is 4. The van der Waals surface area contributed by atoms with E-state index >= 15 is 0 Å². The van der Waals surface area contributed by atoms with Crippen molar-refractivity contribution in [1.82, 2.24) is 8.87 Å². The number of ether oxygens (including phenoxy) is 1. The zero-order valence-corrected chi connectivity index (χ0v) is 23.3. The van der Waals surface area contributed by atoms with Crippen LogP contribution < -0.4 is 0 Å². The van der Waals surface area contributed by atoms with Gasteiger partial charge < -0.3 is 9.64 Å². The first-order valence-electron chi connectivity index (χ1n) is 12.5. The molecule has 1 saturated heterocycles. The van der Waals surface area contributed by atoms with E-state index in [1.807, 2.05) is 39.0 Å². The van der Waals surface area contributed by atoms with Gasteiger partial charge in [-0.1, -0.05) is 48.0 Å². The maximum Gasteiger partial charge on any atom is 0.410 e. The lowest BCUT2D eigenvalue weighted by Crippen LogP contribution is -2.50. The summed E-state index contributed by atoms with van der Waals surface area (Å²) in [6.45, 7) is 8.29. The van der Waals surface area contributed by atoms with Crippen LogP contribution >= 0.6 is 11.6 Å². The molecule has 38 heavy (non-hydrogen) atoms. The first-order valence-corrected chi connectivity index (χ1v) is 14.3. The minimum atomic E-state index is -3.89. The van der Waals surface area contributed by atoms with Crippen molar-refractivity contribution in [1.29, 1.82) is 0 Å². The number of fused-ring (bicyclic) bond motifs is 1. The summed E-state index contributed by atoms with van der Waals surface area (Å²) in [7, 11) is -3.89. The number of allylic oxidation sites excluding steroid dienone is 3. The zero-order chi connectivity index (χ0) is 27.5. The Hall–Kier alpha value is -3.10. The number of hydrogen-bond acceptors (Lipinski definition) is 4. The second kappa shape index (κ2) is 9.27. The first kappa shape index (κ1) is 26.5. The maximum atomic E-state index is 14.1. The normalized spacial score (nSPS) is 20.4. The summed E-state index contributed by atoms with van der Waals surface area (Å²) in [6.07, 6.45) is 6.53. The lowest BCUT2D eigenvalue weighted by molar-refractivity contribution is 0.00820. The van der Waals surface area contributed by atoms with Crippen LogP contribution in [0.4, 0.5) is 9.18 Å². The van der Waals surface area contributed by atoms with Crippen LogP contribution in [-0.4, -0.2) is 46.8 Å². The highest BCUT2D eigenvalue weighted by molar-refractivity contribution is 7.91. The lowest BCUT2D eigenvalue weighted by atomic mass is 9.90. The van der Waals surface area contributed by atoms with Crippen LogP contribution in [0, 0.1) is 5.82 Å². The van der Waals surface area contributed by atoms with E-state index in [1.54, 1.807) is 54.4 Å². The van der Waals surface area contributed by atoms with Crippen molar-refractivity contribution < 1.29 is 22.3 Å². The van der Waals surface area contributed by atoms with E-state index in [-0.39, 0.29) is 23.5 Å². The number of likely N-dealkylation sites (tertiary alicyclic amines) is 1. The van der Waals surface area contributed by atoms with Gasteiger partial charge in [0.1, 0.15) is 16.2 Å². The fourth-order valence-corrected chi connectivity index (χ4v) is 6.90. The van der Waals surface area contributed by atoms with Crippen LogP contribution in [0.3, 0.4) is 0 Å². The molecule has 0 saturated carbocycles. The summed E-state index contributed by atoms with van der Waals surface area (Å²) in [5.74, 6) is -0.383. The zero-order valence-electron chi connectivity index (χ0n) is 21.7. The molecule has 3 aromatic rings. The minimum Gasteiger partial charge on any atom is -0.444 e. The highest BCUT2D eigenvalue weighted by atomic mass is 35.5. The molecule has 1 amide bonds. The van der Waals surface area contributed by atoms with Crippen molar-refractivity contribution in [2.75, 3.05) is 13.1 Å². The van der Waals surface area contributed by atoms with Crippen LogP contribution in [0.1, 0.15) is 51.2 Å². The van der Waals surface area contributed by atoms with Crippen molar-refractivity contribution in [3.63, 3.8) is 0 Å². The van der Waals surface area contributed by atoms with Gasteiger partial charge in [0.2, 0.25) is 10.0 Å². The van der Waals surface area contributed by atoms with Crippen LogP contribution in [-0.2, 0) is 14.8 Å². The highest BCUT2D eigenvalue weighted by Crippen LogP contribution is 2.40. The third kappa shape index (κ3) is 4.64. The van der Waals surface area contributed by atoms with Gasteiger partial charge in [0.25, 0.3) is 0 Å². The number of carbonyl (C=O) groups excluding carboxylic acids is 1. The van der Waals surface area contributed by atoms with Crippen LogP contribution in [0.2, 0.25) is 5.02 Å². The predicted octanol–water partition coefficient (Wildman–Crippen LogP) is 6.75. The quantitative estimate of drug-likeness (QED) is 0.356. The molecule has 1 aliphatic carbocycles. The standard InChI is InChI=1S/C29H30ClFN2O4S/c1-28(2,3)37-27(34)32-17-22(18-32)19-10-11-25-20(15-19)12-14-33(25)38(35,36)29(4)13-6-7-21(16-29)23-8-5-9-24(31)26(23)30/h5-15,22H,16-18H2,1-4H3. The molecule has 2 aliphatic rings. The van der Waals surface area contributed by atoms with E-state index in [0.29, 0.717) is 29.7 Å². The van der Waals surface area contributed by atoms with Crippen molar-refractivity contribution in [3.8, 4) is 0 Å². The lowest BCUT2D eigenvalue weighted by Gasteiger charge is -2.40. The monoisotopic (exact) mass is 556 g/mol. The molecule has 1 fully saturated rings. The number of halogens is 2. The number of amides is 1. The molecule has 1 aliphatic heterocycles. The van der Waals surface area contributed by atoms with Crippen molar-refractivity contribution in [2.45, 2.75) is 50.4 Å². The van der Waals surface area contributed by atoms with E-state index in [1.165, 1.54) is 10.0 Å². The number of benzene rings is 2. The summed E-state index contributed by atoms with van der Waals surface area (Å²) >= 11 is 6.20. The summed E-state index contributed by atoms with van der Waals surface area (Å²) in [5, 5.41) is 0.781. The molecule has 2 aromatic carbocycles. The fourth-order valence-electron chi connectivity index (χ4n) is 4.97. The molecule has 9 heteroatoms. The number of carbonyl (C=O) groups is 1. The van der Waals surface area contributed by atoms with E-state index < -0.39 is 26.2 Å². The molecule has 0 spiro atoms. The first-order chi connectivity index (χ1) is 17.8. The minimum absolute atomic E-state index is 0.0195. The largest absolute Gasteiger partial charge is 0.444 e. The van der Waals surface area contributed by atoms with Crippen molar-refractivity contribution >= 4 is 44.2 Å². The number of nitrogens with zero attached hydrogens (tertiary/aromatic N) is 2. The van der Waals surface area contributed by atoms with E-state index in [4.69, 9.17) is 16.3 Å². The Kier molecular flexibility index (Phi) is 6.47. The maximum absolute atomic E-state index is 14.1. The Balaban J connectivity index is 1.37. The fraction of sp³-hybridized carbons (Fsp3) is 0.345. The Labute approximate surface area is 227 Å². The predicted molar refractivity (Wildman–Crippen MR) is 148 cm³/mol. The van der Waals surface area contributed by atoms with Gasteiger partial charge in [0.05, 0.1) is 10.5 Å². The SMILES string of the molecule is CC(C)(C)OC(=O)N1CC(c2ccc3c(ccn3S(=O)(=O)C3(C)C=CC=C(c4cccc(F)c4Cl)C3)c2)C1. The van der Waals surface area contributed by atoms with Gasteiger partial charge in [-0.25, -0.2) is 21.6 Å². The van der Waals surface area contributed by atoms with Gasteiger partial charge >= 0.3 is 6.09 Å². The molecule has 1 atom stereocenters. The van der Waals surface area contributed by atoms with E-state index in [2.05, 4.69) is 0 Å². The van der Waals surface area contributed by atoms with Crippen LogP contribution in [0.15, 0.2) is 66.9 Å².